The number of amides is 2. The highest BCUT2D eigenvalue weighted by atomic mass is 127. The summed E-state index contributed by atoms with van der Waals surface area (Å²) in [7, 11) is 0. The van der Waals surface area contributed by atoms with Crippen LogP contribution in [-0.4, -0.2) is 45.2 Å². The van der Waals surface area contributed by atoms with Gasteiger partial charge in [0.15, 0.2) is 0 Å². The summed E-state index contributed by atoms with van der Waals surface area (Å²) >= 11 is 2.15. The van der Waals surface area contributed by atoms with E-state index in [4.69, 9.17) is 5.11 Å². The topological polar surface area (TPSA) is 98.3 Å². The van der Waals surface area contributed by atoms with Crippen LogP contribution in [0, 0.1) is 3.70 Å². The lowest BCUT2D eigenvalue weighted by molar-refractivity contribution is -0.137. The van der Waals surface area contributed by atoms with Crippen molar-refractivity contribution in [2.75, 3.05) is 18.5 Å². The van der Waals surface area contributed by atoms with E-state index >= 15 is 0 Å². The Bertz CT molecular complexity index is 768. The Hall–Kier alpha value is -1.94. The fraction of sp³-hybridized carbons (Fsp3) is 0.154. The fourth-order valence-electron chi connectivity index (χ4n) is 2.12. The van der Waals surface area contributed by atoms with E-state index in [1.807, 2.05) is 12.1 Å². The molecule has 3 rings (SSSR count). The Kier molecular flexibility index (Phi) is 3.64. The number of carbonyl (C=O) groups excluding carboxylic acids is 2. The summed E-state index contributed by atoms with van der Waals surface area (Å²) in [5.41, 5.74) is 1.63. The number of hydrogen-bond acceptors (Lipinski definition) is 5. The van der Waals surface area contributed by atoms with Gasteiger partial charge >= 0.3 is 0 Å². The SMILES string of the molecule is O=C1C=C(Nc2ccc3c(I)[nH]nc3c2)C(=O)N1CCO. The third-order valence-corrected chi connectivity index (χ3v) is 3.94. The first-order valence-corrected chi connectivity index (χ1v) is 7.27. The van der Waals surface area contributed by atoms with Crippen molar-refractivity contribution in [1.82, 2.24) is 15.1 Å². The second kappa shape index (κ2) is 5.45. The van der Waals surface area contributed by atoms with Crippen LogP contribution in [0.1, 0.15) is 0 Å². The van der Waals surface area contributed by atoms with Gasteiger partial charge < -0.3 is 10.4 Å². The quantitative estimate of drug-likeness (QED) is 0.524. The van der Waals surface area contributed by atoms with Crippen LogP contribution in [0.2, 0.25) is 0 Å². The van der Waals surface area contributed by atoms with Crippen LogP contribution in [-0.2, 0) is 9.59 Å². The number of carbonyl (C=O) groups is 2. The predicted octanol–water partition coefficient (Wildman–Crippen LogP) is 0.824. The van der Waals surface area contributed by atoms with Crippen molar-refractivity contribution in [2.45, 2.75) is 0 Å². The molecule has 3 N–H and O–H groups in total. The van der Waals surface area contributed by atoms with Crippen molar-refractivity contribution in [2.24, 2.45) is 0 Å². The van der Waals surface area contributed by atoms with Crippen molar-refractivity contribution in [3.8, 4) is 0 Å². The number of H-pyrrole nitrogens is 1. The van der Waals surface area contributed by atoms with Crippen LogP contribution in [0.4, 0.5) is 5.69 Å². The predicted molar refractivity (Wildman–Crippen MR) is 84.3 cm³/mol. The van der Waals surface area contributed by atoms with E-state index in [0.717, 1.165) is 19.5 Å². The molecule has 0 bridgehead atoms. The zero-order valence-electron chi connectivity index (χ0n) is 10.8. The van der Waals surface area contributed by atoms with E-state index in [0.29, 0.717) is 5.69 Å². The van der Waals surface area contributed by atoms with Gasteiger partial charge in [-0.3, -0.25) is 19.6 Å². The van der Waals surface area contributed by atoms with Crippen molar-refractivity contribution in [1.29, 1.82) is 0 Å². The van der Waals surface area contributed by atoms with Crippen molar-refractivity contribution >= 4 is 51.0 Å². The van der Waals surface area contributed by atoms with Gasteiger partial charge in [-0.2, -0.15) is 5.10 Å². The molecule has 1 aliphatic rings. The summed E-state index contributed by atoms with van der Waals surface area (Å²) in [6.07, 6.45) is 1.23. The number of aliphatic hydroxyl groups is 1. The number of fused-ring (bicyclic) bond motifs is 1. The van der Waals surface area contributed by atoms with Gasteiger partial charge in [-0.15, -0.1) is 0 Å². The van der Waals surface area contributed by atoms with E-state index in [1.54, 1.807) is 6.07 Å². The number of rotatable bonds is 4. The number of nitrogens with zero attached hydrogens (tertiary/aromatic N) is 2. The summed E-state index contributed by atoms with van der Waals surface area (Å²) in [5, 5.41) is 19.8. The molecule has 2 heterocycles. The summed E-state index contributed by atoms with van der Waals surface area (Å²) in [6, 6.07) is 5.49. The molecule has 1 aliphatic heterocycles. The maximum absolute atomic E-state index is 12.0. The number of halogens is 1. The van der Waals surface area contributed by atoms with Gasteiger partial charge in [-0.1, -0.05) is 0 Å². The highest BCUT2D eigenvalue weighted by molar-refractivity contribution is 14.1. The number of aliphatic hydroxyl groups excluding tert-OH is 1. The van der Waals surface area contributed by atoms with Gasteiger partial charge in [0, 0.05) is 17.1 Å². The number of aromatic amines is 1. The molecule has 8 heteroatoms. The molecule has 0 saturated carbocycles. The molecule has 2 amide bonds. The number of hydrogen-bond donors (Lipinski definition) is 3. The molecule has 0 unspecified atom stereocenters. The number of imide groups is 1. The van der Waals surface area contributed by atoms with E-state index < -0.39 is 11.8 Å². The molecule has 7 nitrogen and oxygen atoms in total. The van der Waals surface area contributed by atoms with Crippen LogP contribution in [0.15, 0.2) is 30.0 Å². The monoisotopic (exact) mass is 398 g/mol. The normalized spacial score (nSPS) is 15.0. The minimum absolute atomic E-state index is 0.00402. The maximum atomic E-state index is 12.0. The molecule has 0 atom stereocenters. The highest BCUT2D eigenvalue weighted by Crippen LogP contribution is 2.23. The van der Waals surface area contributed by atoms with Crippen LogP contribution >= 0.6 is 22.6 Å². The highest BCUT2D eigenvalue weighted by Gasteiger charge is 2.30. The summed E-state index contributed by atoms with van der Waals surface area (Å²) < 4.78 is 0.939. The maximum Gasteiger partial charge on any atom is 0.277 e. The first-order valence-electron chi connectivity index (χ1n) is 6.19. The van der Waals surface area contributed by atoms with E-state index in [2.05, 4.69) is 38.1 Å². The number of benzene rings is 1. The average molecular weight is 398 g/mol. The average Bonchev–Trinajstić information content (AvgIpc) is 2.95. The van der Waals surface area contributed by atoms with Crippen LogP contribution in [0.5, 0.6) is 0 Å². The van der Waals surface area contributed by atoms with Gasteiger partial charge in [0.05, 0.1) is 18.7 Å². The van der Waals surface area contributed by atoms with Crippen molar-refractivity contribution < 1.29 is 14.7 Å². The van der Waals surface area contributed by atoms with Gasteiger partial charge in [-0.25, -0.2) is 0 Å². The molecular formula is C13H11IN4O3. The molecule has 0 aliphatic carbocycles. The van der Waals surface area contributed by atoms with Crippen LogP contribution in [0.25, 0.3) is 10.9 Å². The Morgan fingerprint density at radius 3 is 2.95 bits per heavy atom. The Morgan fingerprint density at radius 2 is 2.19 bits per heavy atom. The summed E-state index contributed by atoms with van der Waals surface area (Å²) in [4.78, 5) is 24.7. The van der Waals surface area contributed by atoms with Gasteiger partial charge in [-0.05, 0) is 40.8 Å². The van der Waals surface area contributed by atoms with E-state index in [1.165, 1.54) is 6.08 Å². The van der Waals surface area contributed by atoms with Crippen molar-refractivity contribution in [3.63, 3.8) is 0 Å². The first-order chi connectivity index (χ1) is 10.1. The standard InChI is InChI=1S/C13H11IN4O3/c14-12-8-2-1-7(5-9(8)16-17-12)15-10-6-11(20)18(3-4-19)13(10)21/h1-2,5-6,15,19H,3-4H2,(H,16,17). The molecule has 0 radical (unpaired) electrons. The molecule has 21 heavy (non-hydrogen) atoms. The minimum atomic E-state index is -0.439. The number of aromatic nitrogens is 2. The van der Waals surface area contributed by atoms with Gasteiger partial charge in [0.1, 0.15) is 9.40 Å². The Balaban J connectivity index is 1.84. The molecule has 1 aromatic heterocycles. The van der Waals surface area contributed by atoms with Crippen molar-refractivity contribution in [3.05, 3.63) is 33.7 Å². The molecule has 2 aromatic rings. The lowest BCUT2D eigenvalue weighted by atomic mass is 10.2. The van der Waals surface area contributed by atoms with Gasteiger partial charge in [0.2, 0.25) is 0 Å². The zero-order valence-corrected chi connectivity index (χ0v) is 12.9. The molecule has 0 spiro atoms. The second-order valence-electron chi connectivity index (χ2n) is 4.47. The van der Waals surface area contributed by atoms with E-state index in [9.17, 15) is 9.59 Å². The summed E-state index contributed by atoms with van der Waals surface area (Å²) in [5.74, 6) is -0.863. The molecule has 1 aromatic carbocycles. The smallest absolute Gasteiger partial charge is 0.277 e. The number of anilines is 1. The Labute approximate surface area is 133 Å². The first kappa shape index (κ1) is 14.0. The Morgan fingerprint density at radius 1 is 1.38 bits per heavy atom. The molecule has 108 valence electrons. The molecule has 0 fully saturated rings. The van der Waals surface area contributed by atoms with Crippen LogP contribution < -0.4 is 5.32 Å². The largest absolute Gasteiger partial charge is 0.395 e. The molecular weight excluding hydrogens is 387 g/mol. The second-order valence-corrected chi connectivity index (χ2v) is 5.55. The third-order valence-electron chi connectivity index (χ3n) is 3.12. The van der Waals surface area contributed by atoms with Gasteiger partial charge in [0.25, 0.3) is 11.8 Å². The fourth-order valence-corrected chi connectivity index (χ4v) is 2.70. The number of nitrogens with one attached hydrogen (secondary N) is 2. The zero-order chi connectivity index (χ0) is 15.0. The lowest BCUT2D eigenvalue weighted by Gasteiger charge is -2.13. The van der Waals surface area contributed by atoms with Crippen LogP contribution in [0.3, 0.4) is 0 Å². The summed E-state index contributed by atoms with van der Waals surface area (Å²) in [6.45, 7) is -0.258. The number of β-amino-alcohol motifs (C(OH)–C–C–N with tert-alkyl or cyclic N) is 1. The van der Waals surface area contributed by atoms with E-state index in [-0.39, 0.29) is 18.8 Å². The third kappa shape index (κ3) is 2.51. The minimum Gasteiger partial charge on any atom is -0.395 e. The molecule has 0 saturated heterocycles. The lowest BCUT2D eigenvalue weighted by Crippen LogP contribution is -2.34.